The summed E-state index contributed by atoms with van der Waals surface area (Å²) in [4.78, 5) is 6.56. The van der Waals surface area contributed by atoms with Crippen LogP contribution in [-0.4, -0.2) is 145 Å². The van der Waals surface area contributed by atoms with Gasteiger partial charge in [-0.3, -0.25) is 14.7 Å². The zero-order valence-electron chi connectivity index (χ0n) is 18.7. The molecule has 9 heteroatoms. The van der Waals surface area contributed by atoms with Crippen LogP contribution in [0.4, 0.5) is 0 Å². The number of nitrogens with zero attached hydrogens (tertiary/aromatic N) is 3. The summed E-state index contributed by atoms with van der Waals surface area (Å²) in [5, 5.41) is 30.3. The highest BCUT2D eigenvalue weighted by molar-refractivity contribution is 4.87. The molecule has 0 aromatic carbocycles. The molecular weight excluding hydrogens is 390 g/mol. The standard InChI is InChI=1S/C21H41N3O6/c1-15-4-22(15)7-18(25)10-28-13-21(30-12-20(27)9-24-6-17(24)3)14-29-11-19(26)8-23-5-16(23)2/h15-21,25-27H,4-14H2,1-3H3. The van der Waals surface area contributed by atoms with Gasteiger partial charge in [0.2, 0.25) is 0 Å². The van der Waals surface area contributed by atoms with Gasteiger partial charge in [-0.2, -0.15) is 0 Å². The van der Waals surface area contributed by atoms with Gasteiger partial charge in [0.1, 0.15) is 6.10 Å². The lowest BCUT2D eigenvalue weighted by molar-refractivity contribution is -0.0982. The minimum absolute atomic E-state index is 0.211. The van der Waals surface area contributed by atoms with E-state index in [0.717, 1.165) is 19.6 Å². The maximum absolute atomic E-state index is 10.2. The van der Waals surface area contributed by atoms with Crippen LogP contribution in [-0.2, 0) is 14.2 Å². The second-order valence-corrected chi connectivity index (χ2v) is 9.40. The third-order valence-electron chi connectivity index (χ3n) is 6.05. The first-order chi connectivity index (χ1) is 14.3. The molecule has 3 N–H and O–H groups in total. The van der Waals surface area contributed by atoms with Gasteiger partial charge in [-0.25, -0.2) is 0 Å². The quantitative estimate of drug-likeness (QED) is 0.240. The van der Waals surface area contributed by atoms with Crippen LogP contribution < -0.4 is 0 Å². The topological polar surface area (TPSA) is 97.4 Å². The Balaban J connectivity index is 1.32. The highest BCUT2D eigenvalue weighted by atomic mass is 16.6. The van der Waals surface area contributed by atoms with Crippen LogP contribution >= 0.6 is 0 Å². The van der Waals surface area contributed by atoms with E-state index in [1.165, 1.54) is 0 Å². The van der Waals surface area contributed by atoms with Crippen molar-refractivity contribution in [2.24, 2.45) is 0 Å². The molecule has 3 saturated heterocycles. The molecule has 30 heavy (non-hydrogen) atoms. The molecular formula is C21H41N3O6. The highest BCUT2D eigenvalue weighted by Gasteiger charge is 2.32. The second kappa shape index (κ2) is 11.5. The molecule has 3 aliphatic heterocycles. The van der Waals surface area contributed by atoms with E-state index in [9.17, 15) is 15.3 Å². The molecule has 0 saturated carbocycles. The summed E-state index contributed by atoms with van der Waals surface area (Å²) in [5.74, 6) is 0. The molecule has 0 bridgehead atoms. The molecule has 0 aliphatic carbocycles. The number of aliphatic hydroxyl groups excluding tert-OH is 3. The van der Waals surface area contributed by atoms with Crippen molar-refractivity contribution in [2.45, 2.75) is 63.3 Å². The molecule has 9 nitrogen and oxygen atoms in total. The Bertz CT molecular complexity index is 485. The van der Waals surface area contributed by atoms with Gasteiger partial charge in [0.15, 0.2) is 0 Å². The fourth-order valence-electron chi connectivity index (χ4n) is 3.67. The number of ether oxygens (including phenoxy) is 3. The predicted molar refractivity (Wildman–Crippen MR) is 113 cm³/mol. The lowest BCUT2D eigenvalue weighted by atomic mass is 10.3. The maximum Gasteiger partial charge on any atom is 0.104 e. The van der Waals surface area contributed by atoms with Gasteiger partial charge >= 0.3 is 0 Å². The van der Waals surface area contributed by atoms with Crippen molar-refractivity contribution in [3.63, 3.8) is 0 Å². The summed E-state index contributed by atoms with van der Waals surface area (Å²) in [6, 6.07) is 1.65. The Morgan fingerprint density at radius 1 is 0.633 bits per heavy atom. The molecule has 9 atom stereocenters. The van der Waals surface area contributed by atoms with Crippen LogP contribution in [0, 0.1) is 0 Å². The van der Waals surface area contributed by atoms with E-state index in [-0.39, 0.29) is 39.1 Å². The van der Waals surface area contributed by atoms with Crippen molar-refractivity contribution in [1.82, 2.24) is 14.7 Å². The van der Waals surface area contributed by atoms with Crippen molar-refractivity contribution in [3.05, 3.63) is 0 Å². The minimum Gasteiger partial charge on any atom is -0.389 e. The molecule has 0 spiro atoms. The van der Waals surface area contributed by atoms with Gasteiger partial charge < -0.3 is 29.5 Å². The summed E-state index contributed by atoms with van der Waals surface area (Å²) in [7, 11) is 0. The van der Waals surface area contributed by atoms with E-state index in [0.29, 0.717) is 37.8 Å². The summed E-state index contributed by atoms with van der Waals surface area (Å²) in [6.07, 6.45) is -1.96. The molecule has 3 fully saturated rings. The first-order valence-corrected chi connectivity index (χ1v) is 11.3. The number of hydrogen-bond acceptors (Lipinski definition) is 9. The monoisotopic (exact) mass is 431 g/mol. The Labute approximate surface area is 180 Å². The van der Waals surface area contributed by atoms with Crippen molar-refractivity contribution in [2.75, 3.05) is 72.3 Å². The van der Waals surface area contributed by atoms with Crippen LogP contribution in [0.3, 0.4) is 0 Å². The lowest BCUT2D eigenvalue weighted by Crippen LogP contribution is -2.35. The average Bonchev–Trinajstić information content (AvgIpc) is 3.62. The largest absolute Gasteiger partial charge is 0.389 e. The molecule has 176 valence electrons. The van der Waals surface area contributed by atoms with E-state index in [1.54, 1.807) is 0 Å². The zero-order chi connectivity index (χ0) is 21.7. The van der Waals surface area contributed by atoms with Crippen molar-refractivity contribution >= 4 is 0 Å². The maximum atomic E-state index is 10.2. The van der Waals surface area contributed by atoms with Crippen LogP contribution in [0.5, 0.6) is 0 Å². The van der Waals surface area contributed by atoms with Gasteiger partial charge in [-0.15, -0.1) is 0 Å². The normalized spacial score (nSPS) is 36.2. The number of rotatable bonds is 17. The van der Waals surface area contributed by atoms with Crippen LogP contribution in [0.25, 0.3) is 0 Å². The molecule has 0 amide bonds. The van der Waals surface area contributed by atoms with Gasteiger partial charge in [-0.05, 0) is 20.8 Å². The predicted octanol–water partition coefficient (Wildman–Crippen LogP) is -1.40. The second-order valence-electron chi connectivity index (χ2n) is 9.40. The number of aliphatic hydroxyl groups is 3. The van der Waals surface area contributed by atoms with E-state index in [4.69, 9.17) is 14.2 Å². The smallest absolute Gasteiger partial charge is 0.104 e. The van der Waals surface area contributed by atoms with E-state index < -0.39 is 18.3 Å². The minimum atomic E-state index is -0.554. The van der Waals surface area contributed by atoms with Crippen molar-refractivity contribution < 1.29 is 29.5 Å². The van der Waals surface area contributed by atoms with E-state index >= 15 is 0 Å². The summed E-state index contributed by atoms with van der Waals surface area (Å²) in [5.41, 5.74) is 0. The fraction of sp³-hybridized carbons (Fsp3) is 1.00. The summed E-state index contributed by atoms with van der Waals surface area (Å²) < 4.78 is 17.2. The average molecular weight is 432 g/mol. The van der Waals surface area contributed by atoms with Crippen LogP contribution in [0.15, 0.2) is 0 Å². The molecule has 3 aliphatic rings. The Morgan fingerprint density at radius 3 is 1.30 bits per heavy atom. The van der Waals surface area contributed by atoms with Gasteiger partial charge in [0, 0.05) is 57.4 Å². The molecule has 3 heterocycles. The van der Waals surface area contributed by atoms with Crippen LogP contribution in [0.1, 0.15) is 20.8 Å². The number of hydrogen-bond donors (Lipinski definition) is 3. The van der Waals surface area contributed by atoms with E-state index in [2.05, 4.69) is 35.5 Å². The highest BCUT2D eigenvalue weighted by Crippen LogP contribution is 2.17. The zero-order valence-corrected chi connectivity index (χ0v) is 18.7. The van der Waals surface area contributed by atoms with E-state index in [1.807, 2.05) is 0 Å². The van der Waals surface area contributed by atoms with Gasteiger partial charge in [-0.1, -0.05) is 0 Å². The molecule has 0 aromatic heterocycles. The Kier molecular flexibility index (Phi) is 9.30. The molecule has 9 unspecified atom stereocenters. The number of β-amino-alcohol motifs (C(OH)–C–C–N with tert-alkyl or cyclic N) is 3. The Hall–Kier alpha value is -0.360. The SMILES string of the molecule is CC1CN1CC(O)COCC(COCC(O)CN1CC1C)OCC(O)CN1CC1C. The van der Waals surface area contributed by atoms with Gasteiger partial charge in [0.05, 0.1) is 51.3 Å². The molecule has 0 aromatic rings. The van der Waals surface area contributed by atoms with Crippen LogP contribution in [0.2, 0.25) is 0 Å². The summed E-state index contributed by atoms with van der Waals surface area (Å²) in [6.45, 7) is 12.6. The van der Waals surface area contributed by atoms with Gasteiger partial charge in [0.25, 0.3) is 0 Å². The first-order valence-electron chi connectivity index (χ1n) is 11.3. The lowest BCUT2D eigenvalue weighted by Gasteiger charge is -2.22. The molecule has 0 radical (unpaired) electrons. The Morgan fingerprint density at radius 2 is 0.967 bits per heavy atom. The third kappa shape index (κ3) is 9.02. The third-order valence-corrected chi connectivity index (χ3v) is 6.05. The first kappa shape index (κ1) is 24.3. The van der Waals surface area contributed by atoms with Crippen molar-refractivity contribution in [1.29, 1.82) is 0 Å². The fourth-order valence-corrected chi connectivity index (χ4v) is 3.67. The summed E-state index contributed by atoms with van der Waals surface area (Å²) >= 11 is 0. The molecule has 3 rings (SSSR count). The van der Waals surface area contributed by atoms with Crippen molar-refractivity contribution in [3.8, 4) is 0 Å².